The van der Waals surface area contributed by atoms with Gasteiger partial charge in [-0.15, -0.1) is 0 Å². The summed E-state index contributed by atoms with van der Waals surface area (Å²) in [6, 6.07) is 14.1. The van der Waals surface area contributed by atoms with Crippen molar-refractivity contribution >= 4 is 5.91 Å². The van der Waals surface area contributed by atoms with Gasteiger partial charge in [0, 0.05) is 32.7 Å². The van der Waals surface area contributed by atoms with Gasteiger partial charge in [0.2, 0.25) is 0 Å². The minimum absolute atomic E-state index is 0.0105. The van der Waals surface area contributed by atoms with Gasteiger partial charge < -0.3 is 9.64 Å². The summed E-state index contributed by atoms with van der Waals surface area (Å²) in [5.74, 6) is 0.163. The molecule has 4 nitrogen and oxygen atoms in total. The smallest absolute Gasteiger partial charge is 0.260 e. The Morgan fingerprint density at radius 2 is 1.72 bits per heavy atom. The minimum Gasteiger partial charge on any atom is -0.484 e. The predicted molar refractivity (Wildman–Crippen MR) is 94.9 cm³/mol. The maximum absolute atomic E-state index is 12.9. The Hall–Kier alpha value is -2.40. The van der Waals surface area contributed by atoms with E-state index >= 15 is 0 Å². The topological polar surface area (TPSA) is 32.8 Å². The van der Waals surface area contributed by atoms with Crippen molar-refractivity contribution in [1.29, 1.82) is 0 Å². The molecule has 0 aliphatic carbocycles. The van der Waals surface area contributed by atoms with Crippen LogP contribution < -0.4 is 4.74 Å². The number of ether oxygens (including phenoxy) is 1. The highest BCUT2D eigenvalue weighted by Gasteiger charge is 2.21. The van der Waals surface area contributed by atoms with Gasteiger partial charge in [-0.2, -0.15) is 0 Å². The molecule has 0 unspecified atom stereocenters. The average molecular weight is 342 g/mol. The zero-order valence-electron chi connectivity index (χ0n) is 14.5. The number of aryl methyl sites for hydroxylation is 1. The molecule has 1 saturated heterocycles. The van der Waals surface area contributed by atoms with Crippen LogP contribution in [0, 0.1) is 12.7 Å². The van der Waals surface area contributed by atoms with Gasteiger partial charge in [-0.3, -0.25) is 9.69 Å². The van der Waals surface area contributed by atoms with Gasteiger partial charge in [0.05, 0.1) is 0 Å². The summed E-state index contributed by atoms with van der Waals surface area (Å²) < 4.78 is 18.3. The molecule has 25 heavy (non-hydrogen) atoms. The molecule has 0 aromatic heterocycles. The third-order valence-corrected chi connectivity index (χ3v) is 4.56. The maximum Gasteiger partial charge on any atom is 0.260 e. The summed E-state index contributed by atoms with van der Waals surface area (Å²) in [4.78, 5) is 16.5. The van der Waals surface area contributed by atoms with E-state index in [0.29, 0.717) is 18.8 Å². The molecule has 0 atom stereocenters. The Morgan fingerprint density at radius 3 is 2.40 bits per heavy atom. The van der Waals surface area contributed by atoms with Crippen molar-refractivity contribution in [2.45, 2.75) is 13.5 Å². The lowest BCUT2D eigenvalue weighted by Crippen LogP contribution is -2.49. The quantitative estimate of drug-likeness (QED) is 0.838. The second-order valence-electron chi connectivity index (χ2n) is 6.33. The van der Waals surface area contributed by atoms with Crippen LogP contribution in [0.2, 0.25) is 0 Å². The lowest BCUT2D eigenvalue weighted by atomic mass is 10.1. The lowest BCUT2D eigenvalue weighted by molar-refractivity contribution is -0.135. The first kappa shape index (κ1) is 17.4. The van der Waals surface area contributed by atoms with E-state index in [1.54, 1.807) is 0 Å². The van der Waals surface area contributed by atoms with E-state index in [1.165, 1.54) is 35.4 Å². The lowest BCUT2D eigenvalue weighted by Gasteiger charge is -2.35. The Bertz CT molecular complexity index is 710. The van der Waals surface area contributed by atoms with Gasteiger partial charge in [0.15, 0.2) is 6.61 Å². The molecule has 0 bridgehead atoms. The second kappa shape index (κ2) is 8.12. The molecular formula is C20H23FN2O2. The van der Waals surface area contributed by atoms with Crippen molar-refractivity contribution < 1.29 is 13.9 Å². The maximum atomic E-state index is 12.9. The Labute approximate surface area is 147 Å². The fraction of sp³-hybridized carbons (Fsp3) is 0.350. The van der Waals surface area contributed by atoms with Crippen LogP contribution in [0.3, 0.4) is 0 Å². The van der Waals surface area contributed by atoms with Crippen molar-refractivity contribution in [2.24, 2.45) is 0 Å². The number of rotatable bonds is 5. The minimum atomic E-state index is -0.316. The number of amides is 1. The number of piperazine rings is 1. The summed E-state index contributed by atoms with van der Waals surface area (Å²) in [5.41, 5.74) is 2.63. The van der Waals surface area contributed by atoms with Crippen molar-refractivity contribution in [3.63, 3.8) is 0 Å². The molecule has 0 spiro atoms. The summed E-state index contributed by atoms with van der Waals surface area (Å²) in [6.45, 7) is 6.16. The molecule has 3 rings (SSSR count). The number of carbonyl (C=O) groups excluding carboxylic acids is 1. The molecular weight excluding hydrogens is 319 g/mol. The van der Waals surface area contributed by atoms with E-state index < -0.39 is 0 Å². The zero-order valence-corrected chi connectivity index (χ0v) is 14.5. The summed E-state index contributed by atoms with van der Waals surface area (Å²) in [5, 5.41) is 0. The molecule has 132 valence electrons. The van der Waals surface area contributed by atoms with Crippen LogP contribution in [0.15, 0.2) is 48.5 Å². The molecule has 0 radical (unpaired) electrons. The number of carbonyl (C=O) groups is 1. The van der Waals surface area contributed by atoms with Gasteiger partial charge in [0.25, 0.3) is 5.91 Å². The molecule has 0 N–H and O–H groups in total. The number of hydrogen-bond acceptors (Lipinski definition) is 3. The second-order valence-corrected chi connectivity index (χ2v) is 6.33. The molecule has 5 heteroatoms. The van der Waals surface area contributed by atoms with Crippen LogP contribution in [0.5, 0.6) is 5.75 Å². The summed E-state index contributed by atoms with van der Waals surface area (Å²) >= 11 is 0. The fourth-order valence-corrected chi connectivity index (χ4v) is 2.95. The number of benzene rings is 2. The molecule has 1 aliphatic rings. The highest BCUT2D eigenvalue weighted by atomic mass is 19.1. The third-order valence-electron chi connectivity index (χ3n) is 4.56. The van der Waals surface area contributed by atoms with Crippen LogP contribution in [0.1, 0.15) is 11.1 Å². The Balaban J connectivity index is 1.44. The summed E-state index contributed by atoms with van der Waals surface area (Å²) in [6.07, 6.45) is 0. The van der Waals surface area contributed by atoms with Crippen LogP contribution in [0.4, 0.5) is 4.39 Å². The van der Waals surface area contributed by atoms with E-state index in [0.717, 1.165) is 19.6 Å². The first-order valence-corrected chi connectivity index (χ1v) is 8.55. The van der Waals surface area contributed by atoms with Gasteiger partial charge in [-0.1, -0.05) is 24.3 Å². The first-order valence-electron chi connectivity index (χ1n) is 8.55. The SMILES string of the molecule is Cc1ccccc1CN1CCN(C(=O)COc2ccc(F)cc2)CC1. The Kier molecular flexibility index (Phi) is 5.66. The normalized spacial score (nSPS) is 15.2. The van der Waals surface area contributed by atoms with Crippen molar-refractivity contribution in [1.82, 2.24) is 9.80 Å². The number of hydrogen-bond donors (Lipinski definition) is 0. The standard InChI is InChI=1S/C20H23FN2O2/c1-16-4-2-3-5-17(16)14-22-10-12-23(13-11-22)20(24)15-25-19-8-6-18(21)7-9-19/h2-9H,10-15H2,1H3. The van der Waals surface area contributed by atoms with Crippen molar-refractivity contribution in [3.8, 4) is 5.75 Å². The fourth-order valence-electron chi connectivity index (χ4n) is 2.95. The first-order chi connectivity index (χ1) is 12.1. The molecule has 0 saturated carbocycles. The number of nitrogens with zero attached hydrogens (tertiary/aromatic N) is 2. The third kappa shape index (κ3) is 4.79. The van der Waals surface area contributed by atoms with Crippen molar-refractivity contribution in [2.75, 3.05) is 32.8 Å². The largest absolute Gasteiger partial charge is 0.484 e. The summed E-state index contributed by atoms with van der Waals surface area (Å²) in [7, 11) is 0. The van der Waals surface area contributed by atoms with E-state index in [4.69, 9.17) is 4.74 Å². The monoisotopic (exact) mass is 342 g/mol. The van der Waals surface area contributed by atoms with Gasteiger partial charge in [-0.05, 0) is 42.3 Å². The van der Waals surface area contributed by atoms with Crippen molar-refractivity contribution in [3.05, 3.63) is 65.5 Å². The Morgan fingerprint density at radius 1 is 1.04 bits per heavy atom. The van der Waals surface area contributed by atoms with Gasteiger partial charge in [-0.25, -0.2) is 4.39 Å². The predicted octanol–water partition coefficient (Wildman–Crippen LogP) is 2.86. The molecule has 1 amide bonds. The highest BCUT2D eigenvalue weighted by molar-refractivity contribution is 5.77. The van der Waals surface area contributed by atoms with E-state index in [9.17, 15) is 9.18 Å². The zero-order chi connectivity index (χ0) is 17.6. The average Bonchev–Trinajstić information content (AvgIpc) is 2.63. The molecule has 2 aromatic rings. The van der Waals surface area contributed by atoms with Crippen LogP contribution in [0.25, 0.3) is 0 Å². The highest BCUT2D eigenvalue weighted by Crippen LogP contribution is 2.14. The van der Waals surface area contributed by atoms with E-state index in [2.05, 4.69) is 36.1 Å². The van der Waals surface area contributed by atoms with Crippen LogP contribution in [-0.2, 0) is 11.3 Å². The molecule has 2 aromatic carbocycles. The molecule has 1 fully saturated rings. The van der Waals surface area contributed by atoms with Crippen LogP contribution in [-0.4, -0.2) is 48.5 Å². The molecule has 1 heterocycles. The van der Waals surface area contributed by atoms with Gasteiger partial charge >= 0.3 is 0 Å². The number of halogens is 1. The van der Waals surface area contributed by atoms with E-state index in [1.807, 2.05) is 4.90 Å². The van der Waals surface area contributed by atoms with Crippen LogP contribution >= 0.6 is 0 Å². The molecule has 1 aliphatic heterocycles. The van der Waals surface area contributed by atoms with Gasteiger partial charge in [0.1, 0.15) is 11.6 Å². The van der Waals surface area contributed by atoms with E-state index in [-0.39, 0.29) is 18.3 Å².